The van der Waals surface area contributed by atoms with Crippen LogP contribution in [0.25, 0.3) is 0 Å². The van der Waals surface area contributed by atoms with Crippen LogP contribution in [-0.4, -0.2) is 12.8 Å². The van der Waals surface area contributed by atoms with Gasteiger partial charge in [-0.05, 0) is 60.5 Å². The first-order valence-corrected chi connectivity index (χ1v) is 8.15. The van der Waals surface area contributed by atoms with E-state index in [9.17, 15) is 0 Å². The molecule has 2 aromatic carbocycles. The molecule has 0 heterocycles. The summed E-state index contributed by atoms with van der Waals surface area (Å²) in [6.45, 7) is 3.00. The first-order valence-electron chi connectivity index (χ1n) is 8.15. The van der Waals surface area contributed by atoms with Crippen molar-refractivity contribution in [2.45, 2.75) is 32.6 Å². The summed E-state index contributed by atoms with van der Waals surface area (Å²) in [5.74, 6) is 3.51. The highest BCUT2D eigenvalue weighted by Gasteiger charge is 1.95. The van der Waals surface area contributed by atoms with Gasteiger partial charge in [-0.1, -0.05) is 32.1 Å². The van der Waals surface area contributed by atoms with E-state index in [4.69, 9.17) is 11.2 Å². The molecular weight excluding hydrogens is 282 g/mol. The molecule has 0 fully saturated rings. The van der Waals surface area contributed by atoms with Crippen LogP contribution in [0.2, 0.25) is 0 Å². The zero-order valence-corrected chi connectivity index (χ0v) is 13.7. The van der Waals surface area contributed by atoms with E-state index < -0.39 is 0 Å². The second-order valence-electron chi connectivity index (χ2n) is 5.43. The molecule has 0 saturated heterocycles. The Morgan fingerprint density at radius 1 is 1.00 bits per heavy atom. The van der Waals surface area contributed by atoms with E-state index in [-0.39, 0.29) is 0 Å². The van der Waals surface area contributed by atoms with Crippen molar-refractivity contribution in [3.8, 4) is 18.1 Å². The summed E-state index contributed by atoms with van der Waals surface area (Å²) in [4.78, 5) is 4.44. The molecule has 0 spiro atoms. The zero-order chi connectivity index (χ0) is 16.3. The smallest absolute Gasteiger partial charge is 0.119 e. The summed E-state index contributed by atoms with van der Waals surface area (Å²) in [7, 11) is 0. The Morgan fingerprint density at radius 2 is 1.74 bits per heavy atom. The summed E-state index contributed by atoms with van der Waals surface area (Å²) in [5, 5.41) is 0. The van der Waals surface area contributed by atoms with Crippen molar-refractivity contribution < 1.29 is 4.74 Å². The van der Waals surface area contributed by atoms with Crippen molar-refractivity contribution in [2.24, 2.45) is 4.99 Å². The normalized spacial score (nSPS) is 10.6. The van der Waals surface area contributed by atoms with Crippen LogP contribution in [-0.2, 0) is 0 Å². The Bertz CT molecular complexity index is 648. The maximum Gasteiger partial charge on any atom is 0.119 e. The summed E-state index contributed by atoms with van der Waals surface area (Å²) in [5.41, 5.74) is 2.80. The minimum Gasteiger partial charge on any atom is -0.494 e. The molecule has 2 heteroatoms. The van der Waals surface area contributed by atoms with Crippen LogP contribution in [0.15, 0.2) is 53.5 Å². The van der Waals surface area contributed by atoms with Gasteiger partial charge in [-0.25, -0.2) is 0 Å². The van der Waals surface area contributed by atoms with Crippen LogP contribution in [0.3, 0.4) is 0 Å². The van der Waals surface area contributed by atoms with E-state index in [2.05, 4.69) is 17.8 Å². The highest BCUT2D eigenvalue weighted by Crippen LogP contribution is 2.15. The molecule has 2 aromatic rings. The minimum absolute atomic E-state index is 0.787. The van der Waals surface area contributed by atoms with Crippen molar-refractivity contribution in [1.29, 1.82) is 0 Å². The molecule has 0 aliphatic carbocycles. The Balaban J connectivity index is 1.84. The molecular formula is C21H23NO. The van der Waals surface area contributed by atoms with Gasteiger partial charge >= 0.3 is 0 Å². The second kappa shape index (κ2) is 9.48. The monoisotopic (exact) mass is 305 g/mol. The number of terminal acetylenes is 1. The molecule has 0 bridgehead atoms. The number of hydrogen-bond donors (Lipinski definition) is 0. The van der Waals surface area contributed by atoms with E-state index in [0.29, 0.717) is 0 Å². The van der Waals surface area contributed by atoms with Gasteiger partial charge in [0.2, 0.25) is 0 Å². The van der Waals surface area contributed by atoms with E-state index in [1.54, 1.807) is 0 Å². The van der Waals surface area contributed by atoms with Crippen molar-refractivity contribution >= 4 is 11.9 Å². The molecule has 2 nitrogen and oxygen atoms in total. The van der Waals surface area contributed by atoms with Crippen molar-refractivity contribution in [2.75, 3.05) is 6.61 Å². The fourth-order valence-electron chi connectivity index (χ4n) is 2.16. The van der Waals surface area contributed by atoms with Crippen LogP contribution in [0.4, 0.5) is 5.69 Å². The van der Waals surface area contributed by atoms with Gasteiger partial charge in [-0.2, -0.15) is 0 Å². The molecule has 0 aromatic heterocycles. The standard InChI is InChI=1S/C21H23NO/c1-3-5-6-7-16-23-21-14-10-19(11-15-21)17-22-20-12-8-18(4-2)9-13-20/h2,8-15,17H,3,5-7,16H2,1H3. The summed E-state index contributed by atoms with van der Waals surface area (Å²) in [6.07, 6.45) is 12.1. The third-order valence-electron chi connectivity index (χ3n) is 3.54. The molecule has 118 valence electrons. The number of rotatable bonds is 8. The predicted molar refractivity (Wildman–Crippen MR) is 97.7 cm³/mol. The molecule has 0 radical (unpaired) electrons. The molecule has 0 aliphatic rings. The quantitative estimate of drug-likeness (QED) is 0.364. The van der Waals surface area contributed by atoms with E-state index in [1.165, 1.54) is 19.3 Å². The van der Waals surface area contributed by atoms with E-state index in [1.807, 2.05) is 54.7 Å². The maximum absolute atomic E-state index is 5.73. The number of hydrogen-bond acceptors (Lipinski definition) is 2. The highest BCUT2D eigenvalue weighted by molar-refractivity contribution is 5.82. The summed E-state index contributed by atoms with van der Waals surface area (Å²) >= 11 is 0. The fourth-order valence-corrected chi connectivity index (χ4v) is 2.16. The van der Waals surface area contributed by atoms with Crippen molar-refractivity contribution in [3.05, 3.63) is 59.7 Å². The summed E-state index contributed by atoms with van der Waals surface area (Å²) < 4.78 is 5.73. The van der Waals surface area contributed by atoms with Crippen LogP contribution < -0.4 is 4.74 Å². The van der Waals surface area contributed by atoms with Crippen molar-refractivity contribution in [3.63, 3.8) is 0 Å². The van der Waals surface area contributed by atoms with Crippen LogP contribution in [0.5, 0.6) is 5.75 Å². The van der Waals surface area contributed by atoms with Gasteiger partial charge in [0.15, 0.2) is 0 Å². The second-order valence-corrected chi connectivity index (χ2v) is 5.43. The Labute approximate surface area is 139 Å². The molecule has 0 unspecified atom stereocenters. The van der Waals surface area contributed by atoms with E-state index >= 15 is 0 Å². The van der Waals surface area contributed by atoms with Crippen molar-refractivity contribution in [1.82, 2.24) is 0 Å². The zero-order valence-electron chi connectivity index (χ0n) is 13.7. The Morgan fingerprint density at radius 3 is 2.39 bits per heavy atom. The largest absolute Gasteiger partial charge is 0.494 e. The third-order valence-corrected chi connectivity index (χ3v) is 3.54. The van der Waals surface area contributed by atoms with Gasteiger partial charge in [0.25, 0.3) is 0 Å². The lowest BCUT2D eigenvalue weighted by molar-refractivity contribution is 0.305. The topological polar surface area (TPSA) is 21.6 Å². The van der Waals surface area contributed by atoms with Gasteiger partial charge in [0.05, 0.1) is 12.3 Å². The molecule has 23 heavy (non-hydrogen) atoms. The Kier molecular flexibility index (Phi) is 6.94. The van der Waals surface area contributed by atoms with Gasteiger partial charge in [0, 0.05) is 11.8 Å². The number of unbranched alkanes of at least 4 members (excludes halogenated alkanes) is 3. The average molecular weight is 305 g/mol. The molecule has 0 N–H and O–H groups in total. The average Bonchev–Trinajstić information content (AvgIpc) is 2.61. The SMILES string of the molecule is C#Cc1ccc(N=Cc2ccc(OCCCCCC)cc2)cc1. The Hall–Kier alpha value is -2.53. The number of ether oxygens (including phenoxy) is 1. The number of benzene rings is 2. The lowest BCUT2D eigenvalue weighted by Gasteiger charge is -2.05. The molecule has 0 atom stereocenters. The molecule has 0 aliphatic heterocycles. The molecule has 0 saturated carbocycles. The van der Waals surface area contributed by atoms with Gasteiger partial charge < -0.3 is 4.74 Å². The van der Waals surface area contributed by atoms with Crippen LogP contribution in [0, 0.1) is 12.3 Å². The van der Waals surface area contributed by atoms with Crippen LogP contribution >= 0.6 is 0 Å². The maximum atomic E-state index is 5.73. The van der Waals surface area contributed by atoms with Gasteiger partial charge in [-0.3, -0.25) is 4.99 Å². The lowest BCUT2D eigenvalue weighted by Crippen LogP contribution is -1.97. The van der Waals surface area contributed by atoms with E-state index in [0.717, 1.165) is 35.6 Å². The summed E-state index contributed by atoms with van der Waals surface area (Å²) in [6, 6.07) is 15.6. The number of nitrogens with zero attached hydrogens (tertiary/aromatic N) is 1. The molecule has 2 rings (SSSR count). The number of aliphatic imine (C=N–C) groups is 1. The van der Waals surface area contributed by atoms with Gasteiger partial charge in [0.1, 0.15) is 5.75 Å². The minimum atomic E-state index is 0.787. The lowest BCUT2D eigenvalue weighted by atomic mass is 10.2. The fraction of sp³-hybridized carbons (Fsp3) is 0.286. The van der Waals surface area contributed by atoms with Gasteiger partial charge in [-0.15, -0.1) is 6.42 Å². The highest BCUT2D eigenvalue weighted by atomic mass is 16.5. The first kappa shape index (κ1) is 16.8. The third kappa shape index (κ3) is 6.00. The molecule has 0 amide bonds. The van der Waals surface area contributed by atoms with Crippen LogP contribution in [0.1, 0.15) is 43.7 Å². The predicted octanol–water partition coefficient (Wildman–Crippen LogP) is 5.38. The first-order chi connectivity index (χ1) is 11.3.